The molecule has 10 nitrogen and oxygen atoms in total. The Morgan fingerprint density at radius 3 is 2.64 bits per heavy atom. The van der Waals surface area contributed by atoms with Crippen molar-refractivity contribution < 1.29 is 35.9 Å². The molecule has 0 radical (unpaired) electrons. The van der Waals surface area contributed by atoms with Crippen LogP contribution in [0.1, 0.15) is 12.8 Å². The molecule has 3 rings (SSSR count). The van der Waals surface area contributed by atoms with E-state index in [1.54, 1.807) is 7.05 Å². The number of anilines is 2. The zero-order chi connectivity index (χ0) is 24.2. The van der Waals surface area contributed by atoms with Crippen molar-refractivity contribution in [3.8, 4) is 5.75 Å². The van der Waals surface area contributed by atoms with E-state index >= 15 is 0 Å². The topological polar surface area (TPSA) is 115 Å². The number of halogens is 4. The normalized spacial score (nSPS) is 15.2. The monoisotopic (exact) mass is 511 g/mol. The Balaban J connectivity index is 1.75. The van der Waals surface area contributed by atoms with E-state index in [1.807, 2.05) is 4.72 Å². The molecule has 2 amide bonds. The number of benzene rings is 1. The Hall–Kier alpha value is -2.71. The van der Waals surface area contributed by atoms with E-state index in [-0.39, 0.29) is 22.1 Å². The van der Waals surface area contributed by atoms with E-state index in [9.17, 15) is 26.4 Å². The minimum atomic E-state index is -4.57. The fraction of sp³-hybridized carbons (Fsp3) is 0.444. The third-order valence-corrected chi connectivity index (χ3v) is 6.17. The molecular formula is C18H21ClF3N5O5S. The standard InChI is InChI=1S/C18H21ClF3N5O5S/c1-26-10-15(9-23-26)27(14-2-4-31-5-3-14)33(29,30)25-17(28)24-13-6-12(19)7-16(8-13)32-11-18(20,21)22/h6-10,14H,2-5,11H2,1H3,(H2,24,25,28). The lowest BCUT2D eigenvalue weighted by Crippen LogP contribution is -2.51. The van der Waals surface area contributed by atoms with Crippen LogP contribution in [-0.4, -0.2) is 56.3 Å². The first-order valence-electron chi connectivity index (χ1n) is 9.63. The van der Waals surface area contributed by atoms with Gasteiger partial charge in [-0.3, -0.25) is 4.68 Å². The van der Waals surface area contributed by atoms with Crippen LogP contribution < -0.4 is 19.1 Å². The Labute approximate surface area is 192 Å². The van der Waals surface area contributed by atoms with Gasteiger partial charge >= 0.3 is 22.4 Å². The lowest BCUT2D eigenvalue weighted by molar-refractivity contribution is -0.153. The molecule has 0 bridgehead atoms. The molecule has 2 N–H and O–H groups in total. The van der Waals surface area contributed by atoms with Crippen LogP contribution in [0.3, 0.4) is 0 Å². The summed E-state index contributed by atoms with van der Waals surface area (Å²) in [4.78, 5) is 12.5. The van der Waals surface area contributed by atoms with Crippen LogP contribution in [0.2, 0.25) is 5.02 Å². The second kappa shape index (κ2) is 10.1. The predicted molar refractivity (Wildman–Crippen MR) is 114 cm³/mol. The van der Waals surface area contributed by atoms with Crippen LogP contribution in [0.5, 0.6) is 5.75 Å². The lowest BCUT2D eigenvalue weighted by atomic mass is 10.1. The molecule has 0 aliphatic carbocycles. The highest BCUT2D eigenvalue weighted by molar-refractivity contribution is 7.91. The minimum Gasteiger partial charge on any atom is -0.484 e. The summed E-state index contributed by atoms with van der Waals surface area (Å²) in [6.07, 6.45) is -0.903. The fourth-order valence-electron chi connectivity index (χ4n) is 3.19. The molecule has 0 saturated carbocycles. The van der Waals surface area contributed by atoms with Gasteiger partial charge in [0.2, 0.25) is 0 Å². The highest BCUT2D eigenvalue weighted by atomic mass is 35.5. The van der Waals surface area contributed by atoms with Crippen molar-refractivity contribution in [1.29, 1.82) is 0 Å². The van der Waals surface area contributed by atoms with Gasteiger partial charge in [-0.25, -0.2) is 13.8 Å². The number of aryl methyl sites for hydroxylation is 1. The number of carbonyl (C=O) groups excluding carboxylic acids is 1. The van der Waals surface area contributed by atoms with Gasteiger partial charge in [-0.05, 0) is 25.0 Å². The van der Waals surface area contributed by atoms with E-state index in [0.717, 1.165) is 16.4 Å². The molecule has 182 valence electrons. The zero-order valence-electron chi connectivity index (χ0n) is 17.3. The number of nitrogens with zero attached hydrogens (tertiary/aromatic N) is 3. The third-order valence-electron chi connectivity index (χ3n) is 4.48. The first kappa shape index (κ1) is 24.9. The average molecular weight is 512 g/mol. The van der Waals surface area contributed by atoms with Gasteiger partial charge in [0.25, 0.3) is 0 Å². The first-order valence-corrected chi connectivity index (χ1v) is 11.4. The Kier molecular flexibility index (Phi) is 7.59. The zero-order valence-corrected chi connectivity index (χ0v) is 18.9. The lowest BCUT2D eigenvalue weighted by Gasteiger charge is -2.33. The number of nitrogens with one attached hydrogen (secondary N) is 2. The van der Waals surface area contributed by atoms with Crippen molar-refractivity contribution in [3.63, 3.8) is 0 Å². The molecule has 1 fully saturated rings. The maximum atomic E-state index is 13.1. The molecule has 2 aromatic rings. The van der Waals surface area contributed by atoms with Gasteiger partial charge in [0.1, 0.15) is 5.75 Å². The van der Waals surface area contributed by atoms with Gasteiger partial charge in [-0.1, -0.05) is 11.6 Å². The van der Waals surface area contributed by atoms with Gasteiger partial charge in [0, 0.05) is 43.2 Å². The van der Waals surface area contributed by atoms with Crippen LogP contribution in [0.25, 0.3) is 0 Å². The number of hydrogen-bond donors (Lipinski definition) is 2. The van der Waals surface area contributed by atoms with Gasteiger partial charge < -0.3 is 14.8 Å². The Morgan fingerprint density at radius 1 is 1.33 bits per heavy atom. The number of hydrogen-bond acceptors (Lipinski definition) is 6. The van der Waals surface area contributed by atoms with Crippen molar-refractivity contribution in [3.05, 3.63) is 35.6 Å². The number of carbonyl (C=O) groups is 1. The first-order chi connectivity index (χ1) is 15.4. The molecule has 1 saturated heterocycles. The van der Waals surface area contributed by atoms with Crippen LogP contribution in [0.15, 0.2) is 30.6 Å². The maximum absolute atomic E-state index is 13.1. The van der Waals surface area contributed by atoms with Crippen LogP contribution >= 0.6 is 11.6 Å². The molecule has 0 unspecified atom stereocenters. The highest BCUT2D eigenvalue weighted by Gasteiger charge is 2.34. The van der Waals surface area contributed by atoms with Crippen molar-refractivity contribution >= 4 is 39.2 Å². The largest absolute Gasteiger partial charge is 0.484 e. The van der Waals surface area contributed by atoms with Crippen molar-refractivity contribution in [1.82, 2.24) is 14.5 Å². The van der Waals surface area contributed by atoms with Crippen LogP contribution in [0, 0.1) is 0 Å². The summed E-state index contributed by atoms with van der Waals surface area (Å²) in [6.45, 7) is -0.850. The van der Waals surface area contributed by atoms with Gasteiger partial charge in [-0.15, -0.1) is 0 Å². The minimum absolute atomic E-state index is 0.0213. The molecule has 15 heteroatoms. The average Bonchev–Trinajstić information content (AvgIpc) is 3.11. The van der Waals surface area contributed by atoms with E-state index in [0.29, 0.717) is 26.1 Å². The summed E-state index contributed by atoms with van der Waals surface area (Å²) in [5.41, 5.74) is 0.196. The number of amides is 2. The molecule has 33 heavy (non-hydrogen) atoms. The van der Waals surface area contributed by atoms with Crippen LogP contribution in [0.4, 0.5) is 29.3 Å². The molecule has 1 aromatic heterocycles. The quantitative estimate of drug-likeness (QED) is 0.590. The molecule has 1 aromatic carbocycles. The van der Waals surface area contributed by atoms with Gasteiger partial charge in [0.05, 0.1) is 17.9 Å². The van der Waals surface area contributed by atoms with E-state index < -0.39 is 35.1 Å². The molecule has 0 spiro atoms. The summed E-state index contributed by atoms with van der Waals surface area (Å²) < 4.78 is 77.6. The van der Waals surface area contributed by atoms with Crippen LogP contribution in [-0.2, 0) is 22.0 Å². The molecule has 1 aliphatic heterocycles. The third kappa shape index (κ3) is 7.14. The highest BCUT2D eigenvalue weighted by Crippen LogP contribution is 2.27. The second-order valence-electron chi connectivity index (χ2n) is 7.15. The summed E-state index contributed by atoms with van der Waals surface area (Å²) in [5.74, 6) is -0.253. The second-order valence-corrected chi connectivity index (χ2v) is 9.14. The van der Waals surface area contributed by atoms with Crippen molar-refractivity contribution in [2.24, 2.45) is 7.05 Å². The van der Waals surface area contributed by atoms with Crippen molar-refractivity contribution in [2.75, 3.05) is 29.4 Å². The molecule has 2 heterocycles. The molecule has 1 aliphatic rings. The summed E-state index contributed by atoms with van der Waals surface area (Å²) >= 11 is 5.87. The predicted octanol–water partition coefficient (Wildman–Crippen LogP) is 3.07. The van der Waals surface area contributed by atoms with Gasteiger partial charge in [-0.2, -0.15) is 26.7 Å². The number of alkyl halides is 3. The molecule has 0 atom stereocenters. The summed E-state index contributed by atoms with van der Waals surface area (Å²) in [7, 11) is -2.76. The Bertz CT molecular complexity index is 1090. The number of urea groups is 1. The number of aromatic nitrogens is 2. The molecular weight excluding hydrogens is 491 g/mol. The Morgan fingerprint density at radius 2 is 2.03 bits per heavy atom. The SMILES string of the molecule is Cn1cc(N(C2CCOCC2)S(=O)(=O)NC(=O)Nc2cc(Cl)cc(OCC(F)(F)F)c2)cn1. The van der Waals surface area contributed by atoms with Gasteiger partial charge in [0.15, 0.2) is 6.61 Å². The summed E-state index contributed by atoms with van der Waals surface area (Å²) in [5, 5.41) is 6.21. The van der Waals surface area contributed by atoms with Crippen molar-refractivity contribution in [2.45, 2.75) is 25.1 Å². The van der Waals surface area contributed by atoms with E-state index in [1.165, 1.54) is 23.1 Å². The smallest absolute Gasteiger partial charge is 0.422 e. The number of ether oxygens (including phenoxy) is 2. The van der Waals surface area contributed by atoms with E-state index in [2.05, 4.69) is 15.2 Å². The fourth-order valence-corrected chi connectivity index (χ4v) is 4.78. The summed E-state index contributed by atoms with van der Waals surface area (Å²) in [6, 6.07) is 1.83. The van der Waals surface area contributed by atoms with E-state index in [4.69, 9.17) is 16.3 Å². The number of rotatable bonds is 7. The maximum Gasteiger partial charge on any atom is 0.422 e.